The highest BCUT2D eigenvalue weighted by atomic mass is 19.2. The molecule has 0 fully saturated rings. The average molecular weight is 458 g/mol. The van der Waals surface area contributed by atoms with Crippen LogP contribution in [0, 0.1) is 24.4 Å². The van der Waals surface area contributed by atoms with E-state index >= 15 is 0 Å². The molecule has 1 unspecified atom stereocenters. The van der Waals surface area contributed by atoms with Gasteiger partial charge in [-0.1, -0.05) is 24.8 Å². The molecule has 5 rings (SSSR count). The summed E-state index contributed by atoms with van der Waals surface area (Å²) in [7, 11) is 0. The van der Waals surface area contributed by atoms with Crippen LogP contribution in [-0.2, 0) is 0 Å². The van der Waals surface area contributed by atoms with Gasteiger partial charge in [0, 0.05) is 57.9 Å². The van der Waals surface area contributed by atoms with Crippen molar-refractivity contribution in [3.05, 3.63) is 131 Å². The lowest BCUT2D eigenvalue weighted by Gasteiger charge is -2.29. The summed E-state index contributed by atoms with van der Waals surface area (Å²) in [6, 6.07) is 12.2. The monoisotopic (exact) mass is 458 g/mol. The molecule has 0 saturated heterocycles. The number of anilines is 1. The fourth-order valence-electron chi connectivity index (χ4n) is 4.13. The van der Waals surface area contributed by atoms with Crippen molar-refractivity contribution < 1.29 is 13.2 Å². The standard InChI is InChI=1S/C27H21F3N4/c1-16-23(17(2)33-20-10-8-19(28)9-11-20)13-18(14-31-16)21-6-4-12-34-25(21)15-32-27(34)22-5-3-7-24(29)26(22)30/h3-15,27,32-33H,2H2,1H3. The first-order chi connectivity index (χ1) is 16.4. The Balaban J connectivity index is 1.43. The molecule has 1 atom stereocenters. The van der Waals surface area contributed by atoms with E-state index in [1.54, 1.807) is 30.6 Å². The Morgan fingerprint density at radius 3 is 2.71 bits per heavy atom. The molecule has 3 aromatic rings. The second kappa shape index (κ2) is 8.59. The van der Waals surface area contributed by atoms with Gasteiger partial charge >= 0.3 is 0 Å². The predicted molar refractivity (Wildman–Crippen MR) is 127 cm³/mol. The Morgan fingerprint density at radius 2 is 1.91 bits per heavy atom. The van der Waals surface area contributed by atoms with Gasteiger partial charge in [0.25, 0.3) is 0 Å². The van der Waals surface area contributed by atoms with Gasteiger partial charge < -0.3 is 15.5 Å². The van der Waals surface area contributed by atoms with Crippen LogP contribution < -0.4 is 10.6 Å². The summed E-state index contributed by atoms with van der Waals surface area (Å²) in [6.07, 6.45) is 8.61. The van der Waals surface area contributed by atoms with Crippen LogP contribution in [0.15, 0.2) is 91.6 Å². The number of benzene rings is 2. The molecule has 170 valence electrons. The molecule has 1 aromatic heterocycles. The summed E-state index contributed by atoms with van der Waals surface area (Å²) in [4.78, 5) is 6.41. The van der Waals surface area contributed by atoms with E-state index in [-0.39, 0.29) is 11.4 Å². The third-order valence-corrected chi connectivity index (χ3v) is 5.86. The van der Waals surface area contributed by atoms with Crippen molar-refractivity contribution in [1.29, 1.82) is 0 Å². The van der Waals surface area contributed by atoms with Crippen LogP contribution in [0.3, 0.4) is 0 Å². The fourth-order valence-corrected chi connectivity index (χ4v) is 4.13. The number of allylic oxidation sites excluding steroid dienone is 3. The first-order valence-corrected chi connectivity index (χ1v) is 10.7. The molecular formula is C27H21F3N4. The molecule has 0 aliphatic carbocycles. The van der Waals surface area contributed by atoms with Crippen molar-refractivity contribution in [3.8, 4) is 0 Å². The lowest BCUT2D eigenvalue weighted by molar-refractivity contribution is 0.345. The zero-order chi connectivity index (χ0) is 23.8. The highest BCUT2D eigenvalue weighted by Crippen LogP contribution is 2.39. The Kier molecular flexibility index (Phi) is 5.45. The summed E-state index contributed by atoms with van der Waals surface area (Å²) < 4.78 is 41.5. The normalized spacial score (nSPS) is 16.5. The van der Waals surface area contributed by atoms with Crippen LogP contribution >= 0.6 is 0 Å². The second-order valence-electron chi connectivity index (χ2n) is 8.04. The quantitative estimate of drug-likeness (QED) is 0.474. The predicted octanol–water partition coefficient (Wildman–Crippen LogP) is 6.25. The number of hydrogen-bond acceptors (Lipinski definition) is 4. The van der Waals surface area contributed by atoms with Crippen molar-refractivity contribution in [2.45, 2.75) is 13.1 Å². The summed E-state index contributed by atoms with van der Waals surface area (Å²) in [6.45, 7) is 6.02. The van der Waals surface area contributed by atoms with Crippen molar-refractivity contribution >= 4 is 17.0 Å². The smallest absolute Gasteiger partial charge is 0.165 e. The van der Waals surface area contributed by atoms with Gasteiger partial charge in [-0.2, -0.15) is 0 Å². The van der Waals surface area contributed by atoms with E-state index in [1.807, 2.05) is 36.2 Å². The number of nitrogens with zero attached hydrogens (tertiary/aromatic N) is 2. The average Bonchev–Trinajstić information content (AvgIpc) is 3.27. The molecule has 0 amide bonds. The molecule has 3 heterocycles. The lowest BCUT2D eigenvalue weighted by atomic mass is 9.98. The lowest BCUT2D eigenvalue weighted by Crippen LogP contribution is -2.27. The van der Waals surface area contributed by atoms with Crippen LogP contribution in [0.4, 0.5) is 18.9 Å². The minimum atomic E-state index is -0.885. The van der Waals surface area contributed by atoms with E-state index in [9.17, 15) is 13.2 Å². The van der Waals surface area contributed by atoms with Gasteiger partial charge in [-0.15, -0.1) is 0 Å². The Bertz CT molecular complexity index is 1370. The molecule has 2 aliphatic rings. The largest absolute Gasteiger partial charge is 0.365 e. The van der Waals surface area contributed by atoms with Gasteiger partial charge in [0.1, 0.15) is 12.0 Å². The number of aryl methyl sites for hydroxylation is 1. The van der Waals surface area contributed by atoms with Gasteiger partial charge in [-0.25, -0.2) is 13.2 Å². The maximum Gasteiger partial charge on any atom is 0.165 e. The number of aromatic nitrogens is 1. The summed E-state index contributed by atoms with van der Waals surface area (Å²) in [5.74, 6) is -2.07. The van der Waals surface area contributed by atoms with Gasteiger partial charge in [0.15, 0.2) is 11.6 Å². The summed E-state index contributed by atoms with van der Waals surface area (Å²) >= 11 is 0. The molecule has 7 heteroatoms. The number of fused-ring (bicyclic) bond motifs is 1. The maximum atomic E-state index is 14.5. The molecule has 0 radical (unpaired) electrons. The topological polar surface area (TPSA) is 40.2 Å². The summed E-state index contributed by atoms with van der Waals surface area (Å²) in [5, 5.41) is 6.35. The van der Waals surface area contributed by atoms with E-state index < -0.39 is 17.8 Å². The van der Waals surface area contributed by atoms with Crippen LogP contribution in [0.2, 0.25) is 0 Å². The van der Waals surface area contributed by atoms with Gasteiger partial charge in [0.2, 0.25) is 0 Å². The molecular weight excluding hydrogens is 437 g/mol. The number of rotatable bonds is 5. The van der Waals surface area contributed by atoms with E-state index in [4.69, 9.17) is 0 Å². The Morgan fingerprint density at radius 1 is 1.12 bits per heavy atom. The molecule has 2 aromatic carbocycles. The molecule has 34 heavy (non-hydrogen) atoms. The zero-order valence-corrected chi connectivity index (χ0v) is 18.3. The van der Waals surface area contributed by atoms with Crippen LogP contribution in [0.25, 0.3) is 11.3 Å². The van der Waals surface area contributed by atoms with Gasteiger partial charge in [0.05, 0.1) is 5.70 Å². The molecule has 4 nitrogen and oxygen atoms in total. The van der Waals surface area contributed by atoms with E-state index in [0.717, 1.165) is 34.2 Å². The number of halogens is 3. The Labute approximate surface area is 195 Å². The fraction of sp³-hybridized carbons (Fsp3) is 0.0741. The summed E-state index contributed by atoms with van der Waals surface area (Å²) in [5.41, 5.74) is 5.67. The SMILES string of the molecule is C=C(Nc1ccc(F)cc1)c1cc(C2=CC=CN3C2=CNC3c2cccc(F)c2F)cnc1C. The minimum Gasteiger partial charge on any atom is -0.365 e. The number of pyridine rings is 1. The van der Waals surface area contributed by atoms with Crippen molar-refractivity contribution in [2.24, 2.45) is 0 Å². The maximum absolute atomic E-state index is 14.5. The van der Waals surface area contributed by atoms with E-state index in [0.29, 0.717) is 11.4 Å². The molecule has 2 N–H and O–H groups in total. The molecule has 0 saturated carbocycles. The van der Waals surface area contributed by atoms with Crippen molar-refractivity contribution in [3.63, 3.8) is 0 Å². The molecule has 0 spiro atoms. The second-order valence-corrected chi connectivity index (χ2v) is 8.04. The minimum absolute atomic E-state index is 0.219. The van der Waals surface area contributed by atoms with Crippen LogP contribution in [-0.4, -0.2) is 9.88 Å². The van der Waals surface area contributed by atoms with E-state index in [1.165, 1.54) is 18.2 Å². The first kappa shape index (κ1) is 21.6. The van der Waals surface area contributed by atoms with Crippen LogP contribution in [0.5, 0.6) is 0 Å². The third-order valence-electron chi connectivity index (χ3n) is 5.86. The van der Waals surface area contributed by atoms with Crippen molar-refractivity contribution in [2.75, 3.05) is 5.32 Å². The highest BCUT2D eigenvalue weighted by Gasteiger charge is 2.32. The number of hydrogen-bond donors (Lipinski definition) is 2. The third kappa shape index (κ3) is 3.85. The Hall–Kier alpha value is -4.26. The molecule has 2 aliphatic heterocycles. The highest BCUT2D eigenvalue weighted by molar-refractivity contribution is 5.84. The van der Waals surface area contributed by atoms with Crippen molar-refractivity contribution in [1.82, 2.24) is 15.2 Å². The zero-order valence-electron chi connectivity index (χ0n) is 18.3. The first-order valence-electron chi connectivity index (χ1n) is 10.7. The van der Waals surface area contributed by atoms with Crippen LogP contribution in [0.1, 0.15) is 28.6 Å². The van der Waals surface area contributed by atoms with E-state index in [2.05, 4.69) is 22.2 Å². The molecule has 0 bridgehead atoms. The van der Waals surface area contributed by atoms with Gasteiger partial charge in [-0.05, 0) is 49.4 Å². The van der Waals surface area contributed by atoms with Gasteiger partial charge in [-0.3, -0.25) is 4.98 Å². The number of nitrogens with one attached hydrogen (secondary N) is 2.